The fraction of sp³-hybridized carbons (Fsp3) is 0.857. The van der Waals surface area contributed by atoms with E-state index in [9.17, 15) is 14.7 Å². The third-order valence-corrected chi connectivity index (χ3v) is 4.08. The number of piperidine rings is 1. The lowest BCUT2D eigenvalue weighted by Crippen LogP contribution is -2.56. The maximum atomic E-state index is 12.5. The summed E-state index contributed by atoms with van der Waals surface area (Å²) in [4.78, 5) is 26.1. The predicted octanol–water partition coefficient (Wildman–Crippen LogP) is 0.663. The van der Waals surface area contributed by atoms with Crippen molar-refractivity contribution in [2.24, 2.45) is 5.92 Å². The summed E-state index contributed by atoms with van der Waals surface area (Å²) >= 11 is 0. The van der Waals surface area contributed by atoms with Crippen LogP contribution < -0.4 is 5.32 Å². The topological polar surface area (TPSA) is 69.6 Å². The van der Waals surface area contributed by atoms with Crippen molar-refractivity contribution in [3.05, 3.63) is 0 Å². The molecule has 1 aliphatic carbocycles. The molecule has 3 atom stereocenters. The van der Waals surface area contributed by atoms with Gasteiger partial charge in [-0.2, -0.15) is 0 Å². The minimum Gasteiger partial charge on any atom is -0.391 e. The molecule has 2 rings (SSSR count). The number of hydrogen-bond donors (Lipinski definition) is 2. The van der Waals surface area contributed by atoms with Crippen LogP contribution in [0.1, 0.15) is 46.0 Å². The van der Waals surface area contributed by atoms with Crippen LogP contribution in [0.25, 0.3) is 0 Å². The minimum absolute atomic E-state index is 0.0489. The van der Waals surface area contributed by atoms with Crippen LogP contribution >= 0.6 is 0 Å². The average Bonchev–Trinajstić information content (AvgIpc) is 3.19. The maximum absolute atomic E-state index is 12.5. The summed E-state index contributed by atoms with van der Waals surface area (Å²) < 4.78 is 0. The van der Waals surface area contributed by atoms with Gasteiger partial charge in [0.25, 0.3) is 0 Å². The molecule has 5 heteroatoms. The molecule has 2 fully saturated rings. The van der Waals surface area contributed by atoms with E-state index < -0.39 is 12.1 Å². The van der Waals surface area contributed by atoms with Crippen LogP contribution in [-0.2, 0) is 9.59 Å². The lowest BCUT2D eigenvalue weighted by Gasteiger charge is -2.36. The number of hydrogen-bond acceptors (Lipinski definition) is 3. The molecule has 0 aromatic heterocycles. The Morgan fingerprint density at radius 1 is 1.26 bits per heavy atom. The van der Waals surface area contributed by atoms with Gasteiger partial charge in [-0.1, -0.05) is 0 Å². The molecule has 0 aromatic carbocycles. The largest absolute Gasteiger partial charge is 0.391 e. The number of nitrogens with zero attached hydrogens (tertiary/aromatic N) is 1. The Morgan fingerprint density at radius 3 is 2.47 bits per heavy atom. The summed E-state index contributed by atoms with van der Waals surface area (Å²) in [6.07, 6.45) is 4.07. The van der Waals surface area contributed by atoms with Gasteiger partial charge in [-0.15, -0.1) is 0 Å². The molecule has 1 saturated heterocycles. The van der Waals surface area contributed by atoms with Crippen molar-refractivity contribution >= 4 is 11.8 Å². The van der Waals surface area contributed by atoms with E-state index in [0.29, 0.717) is 0 Å². The molecular formula is C14H24N2O3. The summed E-state index contributed by atoms with van der Waals surface area (Å²) in [5.41, 5.74) is 0. The van der Waals surface area contributed by atoms with E-state index in [1.165, 1.54) is 0 Å². The molecule has 5 nitrogen and oxygen atoms in total. The van der Waals surface area contributed by atoms with E-state index in [1.54, 1.807) is 11.8 Å². The highest BCUT2D eigenvalue weighted by Gasteiger charge is 2.37. The Kier molecular flexibility index (Phi) is 4.45. The molecule has 0 bridgehead atoms. The summed E-state index contributed by atoms with van der Waals surface area (Å²) in [6, 6.07) is -0.603. The highest BCUT2D eigenvalue weighted by atomic mass is 16.3. The van der Waals surface area contributed by atoms with Crippen LogP contribution in [0, 0.1) is 5.92 Å². The number of aliphatic hydroxyl groups is 1. The second-order valence-corrected chi connectivity index (χ2v) is 5.88. The van der Waals surface area contributed by atoms with Gasteiger partial charge in [0.05, 0.1) is 6.10 Å². The van der Waals surface area contributed by atoms with E-state index >= 15 is 0 Å². The summed E-state index contributed by atoms with van der Waals surface area (Å²) in [7, 11) is 0. The second-order valence-electron chi connectivity index (χ2n) is 5.88. The minimum atomic E-state index is -0.857. The van der Waals surface area contributed by atoms with Crippen molar-refractivity contribution in [2.75, 3.05) is 6.54 Å². The smallest absolute Gasteiger partial charge is 0.248 e. The van der Waals surface area contributed by atoms with Crippen molar-refractivity contribution in [1.29, 1.82) is 0 Å². The molecule has 1 saturated carbocycles. The van der Waals surface area contributed by atoms with Crippen LogP contribution in [0.2, 0.25) is 0 Å². The van der Waals surface area contributed by atoms with Gasteiger partial charge in [0.1, 0.15) is 6.04 Å². The zero-order chi connectivity index (χ0) is 14.0. The lowest BCUT2D eigenvalue weighted by molar-refractivity contribution is -0.142. The average molecular weight is 268 g/mol. The third-order valence-electron chi connectivity index (χ3n) is 4.08. The zero-order valence-corrected chi connectivity index (χ0v) is 11.8. The molecule has 0 radical (unpaired) electrons. The molecule has 3 unspecified atom stereocenters. The molecule has 2 amide bonds. The van der Waals surface area contributed by atoms with E-state index in [-0.39, 0.29) is 23.8 Å². The Hall–Kier alpha value is -1.10. The van der Waals surface area contributed by atoms with Crippen LogP contribution in [-0.4, -0.2) is 46.6 Å². The van der Waals surface area contributed by atoms with Gasteiger partial charge in [0.2, 0.25) is 11.8 Å². The number of carbonyl (C=O) groups is 2. The third kappa shape index (κ3) is 3.47. The van der Waals surface area contributed by atoms with Gasteiger partial charge in [0, 0.05) is 18.5 Å². The van der Waals surface area contributed by atoms with E-state index in [4.69, 9.17) is 0 Å². The first-order valence-corrected chi connectivity index (χ1v) is 7.29. The number of carbonyl (C=O) groups excluding carboxylic acids is 2. The zero-order valence-electron chi connectivity index (χ0n) is 11.8. The molecular weight excluding hydrogens is 244 g/mol. The summed E-state index contributed by atoms with van der Waals surface area (Å²) in [6.45, 7) is 4.31. The Balaban J connectivity index is 2.00. The molecule has 1 aliphatic heterocycles. The van der Waals surface area contributed by atoms with Crippen LogP contribution in [0.4, 0.5) is 0 Å². The second kappa shape index (κ2) is 5.90. The van der Waals surface area contributed by atoms with E-state index in [1.807, 2.05) is 6.92 Å². The number of rotatable bonds is 4. The molecule has 0 spiro atoms. The van der Waals surface area contributed by atoms with Crippen molar-refractivity contribution in [3.8, 4) is 0 Å². The molecule has 2 aliphatic rings. The van der Waals surface area contributed by atoms with Gasteiger partial charge in [0.15, 0.2) is 0 Å². The van der Waals surface area contributed by atoms with Gasteiger partial charge < -0.3 is 15.3 Å². The molecule has 1 heterocycles. The highest BCUT2D eigenvalue weighted by Crippen LogP contribution is 2.29. The van der Waals surface area contributed by atoms with Gasteiger partial charge in [-0.25, -0.2) is 0 Å². The maximum Gasteiger partial charge on any atom is 0.248 e. The van der Waals surface area contributed by atoms with E-state index in [0.717, 1.165) is 38.6 Å². The van der Waals surface area contributed by atoms with Crippen LogP contribution in [0.15, 0.2) is 0 Å². The first-order chi connectivity index (χ1) is 9.00. The summed E-state index contributed by atoms with van der Waals surface area (Å²) in [5.74, 6) is -0.187. The fourth-order valence-corrected chi connectivity index (χ4v) is 2.61. The molecule has 19 heavy (non-hydrogen) atoms. The molecule has 108 valence electrons. The van der Waals surface area contributed by atoms with Gasteiger partial charge in [-0.05, 0) is 46.0 Å². The monoisotopic (exact) mass is 268 g/mol. The number of likely N-dealkylation sites (tertiary alicyclic amines) is 1. The highest BCUT2D eigenvalue weighted by molar-refractivity contribution is 5.90. The first-order valence-electron chi connectivity index (χ1n) is 7.29. The van der Waals surface area contributed by atoms with Crippen LogP contribution in [0.3, 0.4) is 0 Å². The predicted molar refractivity (Wildman–Crippen MR) is 71.4 cm³/mol. The van der Waals surface area contributed by atoms with Crippen molar-refractivity contribution < 1.29 is 14.7 Å². The van der Waals surface area contributed by atoms with Crippen molar-refractivity contribution in [3.63, 3.8) is 0 Å². The Morgan fingerprint density at radius 2 is 1.95 bits per heavy atom. The Labute approximate surface area is 114 Å². The Bertz CT molecular complexity index is 353. The van der Waals surface area contributed by atoms with Crippen molar-refractivity contribution in [2.45, 2.75) is 64.1 Å². The van der Waals surface area contributed by atoms with Crippen LogP contribution in [0.5, 0.6) is 0 Å². The van der Waals surface area contributed by atoms with Gasteiger partial charge >= 0.3 is 0 Å². The number of nitrogens with one attached hydrogen (secondary N) is 1. The molecule has 0 aromatic rings. The summed E-state index contributed by atoms with van der Waals surface area (Å²) in [5, 5.41) is 12.5. The number of amides is 2. The fourth-order valence-electron chi connectivity index (χ4n) is 2.61. The lowest BCUT2D eigenvalue weighted by atomic mass is 10.0. The quantitative estimate of drug-likeness (QED) is 0.787. The SMILES string of the molecule is CC(O)C(NC(=O)C1CC1)C(=O)N1CCCCC1C. The standard InChI is InChI=1S/C14H24N2O3/c1-9-5-3-4-8-16(9)14(19)12(10(2)17)15-13(18)11-6-7-11/h9-12,17H,3-8H2,1-2H3,(H,15,18). The number of aliphatic hydroxyl groups excluding tert-OH is 1. The van der Waals surface area contributed by atoms with E-state index in [2.05, 4.69) is 5.32 Å². The molecule has 2 N–H and O–H groups in total. The van der Waals surface area contributed by atoms with Crippen molar-refractivity contribution in [1.82, 2.24) is 10.2 Å². The van der Waals surface area contributed by atoms with Gasteiger partial charge in [-0.3, -0.25) is 9.59 Å². The normalized spacial score (nSPS) is 26.7. The first kappa shape index (κ1) is 14.3.